The highest BCUT2D eigenvalue weighted by Crippen LogP contribution is 2.39. The number of ether oxygens (including phenoxy) is 3. The number of hydrogen-bond acceptors (Lipinski definition) is 6. The minimum atomic E-state index is -3.28. The highest BCUT2D eigenvalue weighted by molar-refractivity contribution is 7.88. The Balaban J connectivity index is 2.07. The Labute approximate surface area is 154 Å². The smallest absolute Gasteiger partial charge is 0.224 e. The van der Waals surface area contributed by atoms with E-state index in [4.69, 9.17) is 14.2 Å². The fourth-order valence-electron chi connectivity index (χ4n) is 3.09. The maximum Gasteiger partial charge on any atom is 0.224 e. The molecule has 1 N–H and O–H groups in total. The van der Waals surface area contributed by atoms with Gasteiger partial charge in [0.15, 0.2) is 11.5 Å². The van der Waals surface area contributed by atoms with Crippen LogP contribution >= 0.6 is 0 Å². The van der Waals surface area contributed by atoms with Crippen LogP contribution in [0, 0.1) is 5.92 Å². The van der Waals surface area contributed by atoms with Crippen molar-refractivity contribution in [1.29, 1.82) is 0 Å². The first-order valence-electron chi connectivity index (χ1n) is 8.32. The van der Waals surface area contributed by atoms with E-state index < -0.39 is 10.0 Å². The Morgan fingerprint density at radius 1 is 1.19 bits per heavy atom. The van der Waals surface area contributed by atoms with E-state index in [1.807, 2.05) is 0 Å². The van der Waals surface area contributed by atoms with Crippen molar-refractivity contribution in [1.82, 2.24) is 9.62 Å². The van der Waals surface area contributed by atoms with Crippen LogP contribution in [0.4, 0.5) is 0 Å². The molecule has 146 valence electrons. The van der Waals surface area contributed by atoms with Crippen molar-refractivity contribution < 1.29 is 27.4 Å². The van der Waals surface area contributed by atoms with Gasteiger partial charge >= 0.3 is 0 Å². The van der Waals surface area contributed by atoms with Gasteiger partial charge in [0.2, 0.25) is 21.7 Å². The lowest BCUT2D eigenvalue weighted by Crippen LogP contribution is -2.44. The number of rotatable bonds is 7. The average Bonchev–Trinajstić information content (AvgIpc) is 2.64. The summed E-state index contributed by atoms with van der Waals surface area (Å²) in [5.74, 6) is 0.964. The van der Waals surface area contributed by atoms with Gasteiger partial charge in [0.25, 0.3) is 0 Å². The van der Waals surface area contributed by atoms with E-state index in [1.165, 1.54) is 31.9 Å². The summed E-state index contributed by atoms with van der Waals surface area (Å²) < 4.78 is 40.7. The highest BCUT2D eigenvalue weighted by Gasteiger charge is 2.30. The van der Waals surface area contributed by atoms with Crippen molar-refractivity contribution in [2.24, 2.45) is 5.92 Å². The van der Waals surface area contributed by atoms with Gasteiger partial charge in [0, 0.05) is 25.2 Å². The van der Waals surface area contributed by atoms with Gasteiger partial charge in [-0.1, -0.05) is 0 Å². The van der Waals surface area contributed by atoms with Gasteiger partial charge < -0.3 is 19.5 Å². The number of methoxy groups -OCH3 is 3. The Morgan fingerprint density at radius 3 is 2.46 bits per heavy atom. The first-order valence-corrected chi connectivity index (χ1v) is 10.2. The molecule has 1 atom stereocenters. The van der Waals surface area contributed by atoms with Crippen LogP contribution in [0.1, 0.15) is 18.4 Å². The lowest BCUT2D eigenvalue weighted by atomic mass is 9.98. The van der Waals surface area contributed by atoms with Gasteiger partial charge in [-0.3, -0.25) is 4.79 Å². The molecule has 1 aliphatic rings. The van der Waals surface area contributed by atoms with Crippen LogP contribution in [0.25, 0.3) is 0 Å². The molecule has 0 aromatic heterocycles. The lowest BCUT2D eigenvalue weighted by Gasteiger charge is -2.30. The van der Waals surface area contributed by atoms with Gasteiger partial charge in [-0.05, 0) is 25.0 Å². The van der Waals surface area contributed by atoms with Crippen LogP contribution < -0.4 is 19.5 Å². The largest absolute Gasteiger partial charge is 0.493 e. The highest BCUT2D eigenvalue weighted by atomic mass is 32.2. The molecule has 0 radical (unpaired) electrons. The zero-order chi connectivity index (χ0) is 19.3. The summed E-state index contributed by atoms with van der Waals surface area (Å²) in [6.45, 7) is 0.928. The summed E-state index contributed by atoms with van der Waals surface area (Å²) in [7, 11) is 1.29. The minimum Gasteiger partial charge on any atom is -0.493 e. The van der Waals surface area contributed by atoms with E-state index in [0.717, 1.165) is 5.56 Å². The molecule has 0 bridgehead atoms. The zero-order valence-electron chi connectivity index (χ0n) is 15.6. The topological polar surface area (TPSA) is 94.2 Å². The fourth-order valence-corrected chi connectivity index (χ4v) is 4.00. The molecule has 1 heterocycles. The molecule has 0 unspecified atom stereocenters. The summed E-state index contributed by atoms with van der Waals surface area (Å²) in [6, 6.07) is 3.54. The van der Waals surface area contributed by atoms with Crippen LogP contribution in [-0.2, 0) is 21.4 Å². The third-order valence-corrected chi connectivity index (χ3v) is 5.73. The number of carbonyl (C=O) groups excluding carboxylic acids is 1. The Morgan fingerprint density at radius 2 is 1.88 bits per heavy atom. The van der Waals surface area contributed by atoms with Gasteiger partial charge in [-0.15, -0.1) is 0 Å². The van der Waals surface area contributed by atoms with Crippen molar-refractivity contribution >= 4 is 15.9 Å². The summed E-state index contributed by atoms with van der Waals surface area (Å²) >= 11 is 0. The first-order chi connectivity index (χ1) is 12.3. The number of hydrogen-bond donors (Lipinski definition) is 1. The quantitative estimate of drug-likeness (QED) is 0.751. The van der Waals surface area contributed by atoms with E-state index in [-0.39, 0.29) is 24.9 Å². The Hall–Kier alpha value is -2.00. The maximum atomic E-state index is 12.5. The minimum absolute atomic E-state index is 0.171. The van der Waals surface area contributed by atoms with Crippen molar-refractivity contribution in [3.63, 3.8) is 0 Å². The van der Waals surface area contributed by atoms with Crippen molar-refractivity contribution in [3.8, 4) is 17.2 Å². The van der Waals surface area contributed by atoms with E-state index in [9.17, 15) is 13.2 Å². The number of nitrogens with zero attached hydrogens (tertiary/aromatic N) is 1. The van der Waals surface area contributed by atoms with E-state index in [1.54, 1.807) is 12.1 Å². The van der Waals surface area contributed by atoms with Crippen LogP contribution in [0.5, 0.6) is 17.2 Å². The second kappa shape index (κ2) is 8.59. The number of sulfonamides is 1. The molecule has 1 aromatic carbocycles. The predicted octanol–water partition coefficient (Wildman–Crippen LogP) is 1.00. The molecule has 1 amide bonds. The third-order valence-electron chi connectivity index (χ3n) is 4.46. The molecule has 2 rings (SSSR count). The SMILES string of the molecule is COc1ccc(CNC(=O)[C@@H]2CCCN(S(C)(=O)=O)C2)c(OC)c1OC. The van der Waals surface area contributed by atoms with Crippen LogP contribution in [0.15, 0.2) is 12.1 Å². The van der Waals surface area contributed by atoms with Crippen LogP contribution in [0.3, 0.4) is 0 Å². The van der Waals surface area contributed by atoms with Crippen molar-refractivity contribution in [2.75, 3.05) is 40.7 Å². The predicted molar refractivity (Wildman–Crippen MR) is 97.1 cm³/mol. The summed E-state index contributed by atoms with van der Waals surface area (Å²) in [6.07, 6.45) is 2.51. The molecule has 1 fully saturated rings. The Bertz CT molecular complexity index is 750. The van der Waals surface area contributed by atoms with Crippen molar-refractivity contribution in [3.05, 3.63) is 17.7 Å². The molecule has 1 saturated heterocycles. The number of benzene rings is 1. The van der Waals surface area contributed by atoms with Gasteiger partial charge in [-0.2, -0.15) is 0 Å². The van der Waals surface area contributed by atoms with E-state index in [2.05, 4.69) is 5.32 Å². The first kappa shape index (κ1) is 20.3. The number of nitrogens with one attached hydrogen (secondary N) is 1. The second-order valence-corrected chi connectivity index (χ2v) is 8.15. The van der Waals surface area contributed by atoms with Gasteiger partial charge in [0.05, 0.1) is 33.5 Å². The second-order valence-electron chi connectivity index (χ2n) is 6.17. The maximum absolute atomic E-state index is 12.5. The van der Waals surface area contributed by atoms with Crippen molar-refractivity contribution in [2.45, 2.75) is 19.4 Å². The molecule has 8 nitrogen and oxygen atoms in total. The monoisotopic (exact) mass is 386 g/mol. The normalized spacial score (nSPS) is 18.2. The molecule has 26 heavy (non-hydrogen) atoms. The standard InChI is InChI=1S/C17H26N2O6S/c1-23-14-8-7-12(15(24-2)16(14)25-3)10-18-17(20)13-6-5-9-19(11-13)26(4,21)22/h7-8,13H,5-6,9-11H2,1-4H3,(H,18,20)/t13-/m1/s1. The molecular formula is C17H26N2O6S. The molecule has 0 spiro atoms. The van der Waals surface area contributed by atoms with E-state index in [0.29, 0.717) is 36.6 Å². The molecular weight excluding hydrogens is 360 g/mol. The fraction of sp³-hybridized carbons (Fsp3) is 0.588. The summed E-state index contributed by atoms with van der Waals surface area (Å²) in [5, 5.41) is 2.87. The summed E-state index contributed by atoms with van der Waals surface area (Å²) in [5.41, 5.74) is 0.745. The Kier molecular flexibility index (Phi) is 6.71. The van der Waals surface area contributed by atoms with Crippen LogP contribution in [0.2, 0.25) is 0 Å². The molecule has 9 heteroatoms. The van der Waals surface area contributed by atoms with E-state index >= 15 is 0 Å². The third kappa shape index (κ3) is 4.59. The molecule has 0 aliphatic carbocycles. The zero-order valence-corrected chi connectivity index (χ0v) is 16.4. The van der Waals surface area contributed by atoms with Gasteiger partial charge in [-0.25, -0.2) is 12.7 Å². The summed E-state index contributed by atoms with van der Waals surface area (Å²) in [4.78, 5) is 12.5. The van der Waals surface area contributed by atoms with Crippen LogP contribution in [-0.4, -0.2) is 59.3 Å². The lowest BCUT2D eigenvalue weighted by molar-refractivity contribution is -0.126. The molecule has 0 saturated carbocycles. The molecule has 1 aromatic rings. The molecule has 1 aliphatic heterocycles. The van der Waals surface area contributed by atoms with Gasteiger partial charge in [0.1, 0.15) is 0 Å². The average molecular weight is 386 g/mol. The number of amides is 1. The number of carbonyl (C=O) groups is 1. The number of piperidine rings is 1.